The van der Waals surface area contributed by atoms with E-state index in [1.807, 2.05) is 0 Å². The molecule has 1 aliphatic carbocycles. The summed E-state index contributed by atoms with van der Waals surface area (Å²) in [6.07, 6.45) is 5.55. The van der Waals surface area contributed by atoms with Crippen LogP contribution in [0.1, 0.15) is 46.7 Å². The third-order valence-corrected chi connectivity index (χ3v) is 4.77. The van der Waals surface area contributed by atoms with Gasteiger partial charge in [-0.05, 0) is 49.9 Å². The third-order valence-electron chi connectivity index (χ3n) is 4.77. The van der Waals surface area contributed by atoms with Crippen LogP contribution in [0.3, 0.4) is 0 Å². The first-order chi connectivity index (χ1) is 15.5. The Labute approximate surface area is 183 Å². The van der Waals surface area contributed by atoms with Crippen molar-refractivity contribution in [1.82, 2.24) is 42.3 Å². The number of hydrogen-bond acceptors (Lipinski definition) is 6. The topological polar surface area (TPSA) is 166 Å². The standard InChI is InChI=1S/C20H24N8O4/c29-17(15-5-1-3-11-21-15)25-27-19(31)23-13-7-9-14(10-8-13)24-20(32)28-26-18(30)16-6-2-4-12-22-16/h1-6,11-14H,7-10H2,(H,25,29)(H,26,30)(H2,23,27,31)(H2,24,28,32). The van der Waals surface area contributed by atoms with Crippen LogP contribution >= 0.6 is 0 Å². The van der Waals surface area contributed by atoms with Gasteiger partial charge in [0, 0.05) is 24.5 Å². The molecule has 2 aromatic heterocycles. The summed E-state index contributed by atoms with van der Waals surface area (Å²) in [4.78, 5) is 55.5. The predicted octanol–water partition coefficient (Wildman–Crippen LogP) is 0.376. The van der Waals surface area contributed by atoms with E-state index < -0.39 is 23.9 Å². The molecule has 0 radical (unpaired) electrons. The number of urea groups is 2. The van der Waals surface area contributed by atoms with Crippen LogP contribution in [0.4, 0.5) is 9.59 Å². The third kappa shape index (κ3) is 6.93. The molecular weight excluding hydrogens is 416 g/mol. The zero-order valence-corrected chi connectivity index (χ0v) is 17.1. The second kappa shape index (κ2) is 11.2. The summed E-state index contributed by atoms with van der Waals surface area (Å²) < 4.78 is 0. The number of aromatic nitrogens is 2. The van der Waals surface area contributed by atoms with Crippen molar-refractivity contribution in [1.29, 1.82) is 0 Å². The number of pyridine rings is 2. The Balaban J connectivity index is 1.30. The molecule has 1 aliphatic rings. The number of hydrazine groups is 2. The summed E-state index contributed by atoms with van der Waals surface area (Å²) in [6.45, 7) is 0. The van der Waals surface area contributed by atoms with Crippen molar-refractivity contribution >= 4 is 23.9 Å². The molecule has 6 N–H and O–H groups in total. The van der Waals surface area contributed by atoms with E-state index in [1.54, 1.807) is 24.3 Å². The van der Waals surface area contributed by atoms with E-state index in [0.717, 1.165) is 0 Å². The van der Waals surface area contributed by atoms with Gasteiger partial charge < -0.3 is 10.6 Å². The van der Waals surface area contributed by atoms with E-state index in [2.05, 4.69) is 42.3 Å². The molecule has 1 saturated carbocycles. The SMILES string of the molecule is O=C(NNC(=O)c1ccccn1)NC1CCC(NC(=O)NNC(=O)c2ccccn2)CC1. The summed E-state index contributed by atoms with van der Waals surface area (Å²) in [6, 6.07) is 8.53. The zero-order valence-electron chi connectivity index (χ0n) is 17.1. The van der Waals surface area contributed by atoms with E-state index in [4.69, 9.17) is 0 Å². The molecule has 0 spiro atoms. The van der Waals surface area contributed by atoms with Gasteiger partial charge >= 0.3 is 12.1 Å². The van der Waals surface area contributed by atoms with Gasteiger partial charge in [-0.15, -0.1) is 0 Å². The smallest absolute Gasteiger partial charge is 0.333 e. The second-order valence-corrected chi connectivity index (χ2v) is 7.08. The van der Waals surface area contributed by atoms with Crippen molar-refractivity contribution < 1.29 is 19.2 Å². The highest BCUT2D eigenvalue weighted by Gasteiger charge is 2.24. The van der Waals surface area contributed by atoms with Crippen molar-refractivity contribution in [2.75, 3.05) is 0 Å². The first-order valence-corrected chi connectivity index (χ1v) is 10.1. The van der Waals surface area contributed by atoms with Gasteiger partial charge in [-0.25, -0.2) is 20.4 Å². The Bertz CT molecular complexity index is 856. The summed E-state index contributed by atoms with van der Waals surface area (Å²) in [5, 5.41) is 5.56. The Hall–Kier alpha value is -4.22. The number of nitrogens with one attached hydrogen (secondary N) is 6. The van der Waals surface area contributed by atoms with E-state index in [-0.39, 0.29) is 23.5 Å². The van der Waals surface area contributed by atoms with Crippen molar-refractivity contribution in [2.24, 2.45) is 0 Å². The van der Waals surface area contributed by atoms with Crippen LogP contribution in [-0.4, -0.2) is 45.9 Å². The van der Waals surface area contributed by atoms with Crippen molar-refractivity contribution in [3.63, 3.8) is 0 Å². The Morgan fingerprint density at radius 1 is 0.625 bits per heavy atom. The zero-order chi connectivity index (χ0) is 22.8. The van der Waals surface area contributed by atoms with Crippen molar-refractivity contribution in [2.45, 2.75) is 37.8 Å². The fourth-order valence-electron chi connectivity index (χ4n) is 3.17. The molecule has 1 fully saturated rings. The number of hydrogen-bond donors (Lipinski definition) is 6. The number of amides is 6. The summed E-state index contributed by atoms with van der Waals surface area (Å²) in [5.41, 5.74) is 9.55. The highest BCUT2D eigenvalue weighted by atomic mass is 16.2. The molecule has 0 aromatic carbocycles. The minimum absolute atomic E-state index is 0.0910. The highest BCUT2D eigenvalue weighted by Crippen LogP contribution is 2.18. The number of carbonyl (C=O) groups is 4. The fourth-order valence-corrected chi connectivity index (χ4v) is 3.17. The van der Waals surface area contributed by atoms with Crippen LogP contribution in [0.25, 0.3) is 0 Å². The normalized spacial score (nSPS) is 17.4. The number of carbonyl (C=O) groups excluding carboxylic acids is 4. The lowest BCUT2D eigenvalue weighted by Gasteiger charge is -2.29. The van der Waals surface area contributed by atoms with Crippen LogP contribution in [0, 0.1) is 0 Å². The maximum Gasteiger partial charge on any atom is 0.333 e. The van der Waals surface area contributed by atoms with Crippen LogP contribution in [0.15, 0.2) is 48.8 Å². The maximum absolute atomic E-state index is 12.0. The largest absolute Gasteiger partial charge is 0.334 e. The molecule has 0 unspecified atom stereocenters. The average molecular weight is 440 g/mol. The van der Waals surface area contributed by atoms with Crippen LogP contribution in [0.5, 0.6) is 0 Å². The lowest BCUT2D eigenvalue weighted by atomic mass is 9.91. The van der Waals surface area contributed by atoms with Crippen LogP contribution < -0.4 is 32.3 Å². The molecule has 168 valence electrons. The molecule has 0 atom stereocenters. The van der Waals surface area contributed by atoms with Gasteiger partial charge in [0.2, 0.25) is 0 Å². The van der Waals surface area contributed by atoms with E-state index in [0.29, 0.717) is 25.7 Å². The van der Waals surface area contributed by atoms with Crippen LogP contribution in [-0.2, 0) is 0 Å². The molecule has 12 heteroatoms. The maximum atomic E-state index is 12.0. The fraction of sp³-hybridized carbons (Fsp3) is 0.300. The molecule has 0 bridgehead atoms. The second-order valence-electron chi connectivity index (χ2n) is 7.08. The number of nitrogens with zero attached hydrogens (tertiary/aromatic N) is 2. The Kier molecular flexibility index (Phi) is 7.90. The van der Waals surface area contributed by atoms with Gasteiger partial charge in [-0.3, -0.25) is 30.4 Å². The van der Waals surface area contributed by atoms with E-state index in [1.165, 1.54) is 24.5 Å². The van der Waals surface area contributed by atoms with Gasteiger partial charge in [0.05, 0.1) is 0 Å². The van der Waals surface area contributed by atoms with Gasteiger partial charge in [0.1, 0.15) is 11.4 Å². The summed E-state index contributed by atoms with van der Waals surface area (Å²) in [7, 11) is 0. The van der Waals surface area contributed by atoms with Crippen molar-refractivity contribution in [3.05, 3.63) is 60.2 Å². The summed E-state index contributed by atoms with van der Waals surface area (Å²) >= 11 is 0. The lowest BCUT2D eigenvalue weighted by Crippen LogP contribution is -2.53. The molecule has 6 amide bonds. The Morgan fingerprint density at radius 2 is 1.03 bits per heavy atom. The first-order valence-electron chi connectivity index (χ1n) is 10.1. The quantitative estimate of drug-likeness (QED) is 0.376. The van der Waals surface area contributed by atoms with Gasteiger partial charge in [-0.1, -0.05) is 12.1 Å². The number of rotatable bonds is 4. The molecule has 3 rings (SSSR count). The van der Waals surface area contributed by atoms with E-state index in [9.17, 15) is 19.2 Å². The average Bonchev–Trinajstić information content (AvgIpc) is 2.83. The summed E-state index contributed by atoms with van der Waals surface area (Å²) in [5.74, 6) is -1.04. The molecular formula is C20H24N8O4. The minimum Gasteiger partial charge on any atom is -0.334 e. The van der Waals surface area contributed by atoms with Crippen molar-refractivity contribution in [3.8, 4) is 0 Å². The van der Waals surface area contributed by atoms with Gasteiger partial charge in [0.15, 0.2) is 0 Å². The molecule has 32 heavy (non-hydrogen) atoms. The monoisotopic (exact) mass is 440 g/mol. The molecule has 2 aromatic rings. The Morgan fingerprint density at radius 3 is 1.38 bits per heavy atom. The molecule has 0 saturated heterocycles. The first kappa shape index (κ1) is 22.5. The van der Waals surface area contributed by atoms with Gasteiger partial charge in [0.25, 0.3) is 11.8 Å². The van der Waals surface area contributed by atoms with Crippen LogP contribution in [0.2, 0.25) is 0 Å². The molecule has 2 heterocycles. The van der Waals surface area contributed by atoms with Gasteiger partial charge in [-0.2, -0.15) is 0 Å². The molecule has 12 nitrogen and oxygen atoms in total. The minimum atomic E-state index is -0.527. The molecule has 0 aliphatic heterocycles. The predicted molar refractivity (Wildman–Crippen MR) is 113 cm³/mol. The highest BCUT2D eigenvalue weighted by molar-refractivity contribution is 5.94. The van der Waals surface area contributed by atoms with E-state index >= 15 is 0 Å². The lowest BCUT2D eigenvalue weighted by molar-refractivity contribution is 0.0923.